The Kier molecular flexibility index (Phi) is 4.77. The van der Waals surface area contributed by atoms with Crippen molar-refractivity contribution in [2.24, 2.45) is 5.92 Å². The molecule has 132 valence electrons. The fourth-order valence-electron chi connectivity index (χ4n) is 3.21. The highest BCUT2D eigenvalue weighted by Gasteiger charge is 2.33. The maximum absolute atomic E-state index is 12.2. The molecular weight excluding hydrogens is 352 g/mol. The van der Waals surface area contributed by atoms with Gasteiger partial charge in [-0.15, -0.1) is 0 Å². The van der Waals surface area contributed by atoms with Gasteiger partial charge in [-0.2, -0.15) is 0 Å². The Balaban J connectivity index is 1.93. The number of halogens is 1. The smallest absolute Gasteiger partial charge is 0.408 e. The monoisotopic (exact) mass is 372 g/mol. The van der Waals surface area contributed by atoms with Gasteiger partial charge in [-0.1, -0.05) is 25.4 Å². The number of fused-ring (bicyclic) bond motifs is 1. The number of rotatable bonds is 5. The van der Waals surface area contributed by atoms with E-state index in [0.29, 0.717) is 41.7 Å². The van der Waals surface area contributed by atoms with E-state index in [1.54, 1.807) is 22.8 Å². The van der Waals surface area contributed by atoms with Crippen molar-refractivity contribution in [3.63, 3.8) is 0 Å². The largest absolute Gasteiger partial charge is 0.421 e. The molecule has 2 aromatic rings. The number of aromatic nitrogens is 1. The van der Waals surface area contributed by atoms with Gasteiger partial charge in [0, 0.05) is 23.7 Å². The van der Waals surface area contributed by atoms with E-state index in [4.69, 9.17) is 16.0 Å². The number of hydrogen-bond donors (Lipinski definition) is 0. The van der Waals surface area contributed by atoms with Crippen LogP contribution in [-0.2, 0) is 16.5 Å². The van der Waals surface area contributed by atoms with Crippen molar-refractivity contribution in [3.8, 4) is 0 Å². The van der Waals surface area contributed by atoms with Gasteiger partial charge in [0.15, 0.2) is 15.4 Å². The molecule has 0 saturated carbocycles. The SMILES string of the molecule is CC(C)CN(Cn1c(=O)oc2cc(Cl)ccc21)C1CCS(=O)(=O)C1. The average molecular weight is 373 g/mol. The van der Waals surface area contributed by atoms with Crippen LogP contribution in [0.2, 0.25) is 5.02 Å². The molecule has 0 aliphatic carbocycles. The van der Waals surface area contributed by atoms with E-state index in [-0.39, 0.29) is 17.5 Å². The summed E-state index contributed by atoms with van der Waals surface area (Å²) >= 11 is 5.94. The predicted octanol–water partition coefficient (Wildman–Crippen LogP) is 2.35. The van der Waals surface area contributed by atoms with Gasteiger partial charge in [0.25, 0.3) is 0 Å². The molecule has 1 aliphatic rings. The maximum Gasteiger partial charge on any atom is 0.421 e. The molecule has 0 N–H and O–H groups in total. The second-order valence-corrected chi connectivity index (χ2v) is 9.44. The van der Waals surface area contributed by atoms with E-state index in [1.807, 2.05) is 0 Å². The van der Waals surface area contributed by atoms with Crippen molar-refractivity contribution in [2.75, 3.05) is 18.1 Å². The zero-order chi connectivity index (χ0) is 17.5. The summed E-state index contributed by atoms with van der Waals surface area (Å²) in [7, 11) is -2.98. The lowest BCUT2D eigenvalue weighted by molar-refractivity contribution is 0.143. The third-order valence-electron chi connectivity index (χ3n) is 4.28. The van der Waals surface area contributed by atoms with Crippen molar-refractivity contribution in [1.82, 2.24) is 9.47 Å². The van der Waals surface area contributed by atoms with Crippen LogP contribution < -0.4 is 5.76 Å². The first kappa shape index (κ1) is 17.5. The van der Waals surface area contributed by atoms with Gasteiger partial charge in [0.2, 0.25) is 0 Å². The molecule has 2 heterocycles. The number of oxazole rings is 1. The van der Waals surface area contributed by atoms with E-state index in [0.717, 1.165) is 0 Å². The molecule has 1 aromatic heterocycles. The molecule has 0 amide bonds. The van der Waals surface area contributed by atoms with Crippen molar-refractivity contribution < 1.29 is 12.8 Å². The molecule has 1 fully saturated rings. The van der Waals surface area contributed by atoms with Crippen LogP contribution in [0.1, 0.15) is 20.3 Å². The molecule has 6 nitrogen and oxygen atoms in total. The second kappa shape index (κ2) is 6.54. The van der Waals surface area contributed by atoms with Gasteiger partial charge in [-0.3, -0.25) is 9.47 Å². The zero-order valence-electron chi connectivity index (χ0n) is 13.7. The van der Waals surface area contributed by atoms with E-state index < -0.39 is 15.6 Å². The third kappa shape index (κ3) is 3.68. The Morgan fingerprint density at radius 3 is 2.79 bits per heavy atom. The molecule has 1 aromatic carbocycles. The molecule has 0 radical (unpaired) electrons. The van der Waals surface area contributed by atoms with Crippen molar-refractivity contribution in [1.29, 1.82) is 0 Å². The van der Waals surface area contributed by atoms with Gasteiger partial charge >= 0.3 is 5.76 Å². The first-order chi connectivity index (χ1) is 11.2. The number of nitrogens with zero attached hydrogens (tertiary/aromatic N) is 2. The molecule has 1 unspecified atom stereocenters. The first-order valence-electron chi connectivity index (χ1n) is 7.98. The minimum atomic E-state index is -2.98. The molecule has 8 heteroatoms. The Morgan fingerprint density at radius 2 is 2.17 bits per heavy atom. The highest BCUT2D eigenvalue weighted by molar-refractivity contribution is 7.91. The van der Waals surface area contributed by atoms with Crippen LogP contribution in [0, 0.1) is 5.92 Å². The summed E-state index contributed by atoms with van der Waals surface area (Å²) in [6.45, 7) is 5.18. The summed E-state index contributed by atoms with van der Waals surface area (Å²) in [6.07, 6.45) is 0.603. The number of sulfone groups is 1. The van der Waals surface area contributed by atoms with Crippen LogP contribution in [0.4, 0.5) is 0 Å². The second-order valence-electron chi connectivity index (χ2n) is 6.77. The molecule has 1 saturated heterocycles. The number of benzene rings is 1. The standard InChI is InChI=1S/C16H21ClN2O4S/c1-11(2)8-18(13-5-6-24(21,22)9-13)10-19-14-4-3-12(17)7-15(14)23-16(19)20/h3-4,7,11,13H,5-6,8-10H2,1-2H3. The minimum Gasteiger partial charge on any atom is -0.408 e. The van der Waals surface area contributed by atoms with Crippen molar-refractivity contribution in [3.05, 3.63) is 33.8 Å². The van der Waals surface area contributed by atoms with Crippen LogP contribution >= 0.6 is 11.6 Å². The van der Waals surface area contributed by atoms with E-state index >= 15 is 0 Å². The predicted molar refractivity (Wildman–Crippen MR) is 94.1 cm³/mol. The molecule has 0 bridgehead atoms. The molecule has 0 spiro atoms. The summed E-state index contributed by atoms with van der Waals surface area (Å²) in [6, 6.07) is 5.01. The first-order valence-corrected chi connectivity index (χ1v) is 10.2. The fourth-order valence-corrected chi connectivity index (χ4v) is 5.13. The average Bonchev–Trinajstić information content (AvgIpc) is 2.97. The fraction of sp³-hybridized carbons (Fsp3) is 0.562. The normalized spacial score (nSPS) is 20.5. The number of hydrogen-bond acceptors (Lipinski definition) is 5. The van der Waals surface area contributed by atoms with E-state index in [2.05, 4.69) is 18.7 Å². The zero-order valence-corrected chi connectivity index (χ0v) is 15.3. The summed E-state index contributed by atoms with van der Waals surface area (Å²) in [5.41, 5.74) is 1.11. The minimum absolute atomic E-state index is 0.0680. The van der Waals surface area contributed by atoms with Gasteiger partial charge in [0.05, 0.1) is 23.7 Å². The van der Waals surface area contributed by atoms with Crippen molar-refractivity contribution in [2.45, 2.75) is 33.0 Å². The Morgan fingerprint density at radius 1 is 1.42 bits per heavy atom. The van der Waals surface area contributed by atoms with Gasteiger partial charge in [0.1, 0.15) is 0 Å². The molecule has 1 aliphatic heterocycles. The molecule has 3 rings (SSSR count). The Bertz CT molecular complexity index is 900. The highest BCUT2D eigenvalue weighted by atomic mass is 35.5. The lowest BCUT2D eigenvalue weighted by atomic mass is 10.1. The van der Waals surface area contributed by atoms with Crippen LogP contribution in [0.25, 0.3) is 11.1 Å². The van der Waals surface area contributed by atoms with E-state index in [9.17, 15) is 13.2 Å². The summed E-state index contributed by atoms with van der Waals surface area (Å²) < 4.78 is 30.5. The van der Waals surface area contributed by atoms with Gasteiger partial charge in [-0.05, 0) is 24.5 Å². The quantitative estimate of drug-likeness (QED) is 0.805. The summed E-state index contributed by atoms with van der Waals surface area (Å²) in [4.78, 5) is 14.3. The van der Waals surface area contributed by atoms with Crippen LogP contribution in [0.5, 0.6) is 0 Å². The van der Waals surface area contributed by atoms with E-state index in [1.165, 1.54) is 0 Å². The third-order valence-corrected chi connectivity index (χ3v) is 6.26. The summed E-state index contributed by atoms with van der Waals surface area (Å²) in [5, 5.41) is 0.504. The Labute approximate surface area is 145 Å². The lowest BCUT2D eigenvalue weighted by Crippen LogP contribution is -2.41. The maximum atomic E-state index is 12.2. The van der Waals surface area contributed by atoms with Crippen LogP contribution in [0.3, 0.4) is 0 Å². The summed E-state index contributed by atoms with van der Waals surface area (Å²) in [5.74, 6) is 0.261. The molecule has 1 atom stereocenters. The highest BCUT2D eigenvalue weighted by Crippen LogP contribution is 2.22. The lowest BCUT2D eigenvalue weighted by Gasteiger charge is -2.29. The Hall–Kier alpha value is -1.31. The molecule has 24 heavy (non-hydrogen) atoms. The topological polar surface area (TPSA) is 72.5 Å². The van der Waals surface area contributed by atoms with Crippen LogP contribution in [0.15, 0.2) is 27.4 Å². The van der Waals surface area contributed by atoms with Gasteiger partial charge in [-0.25, -0.2) is 13.2 Å². The van der Waals surface area contributed by atoms with Crippen molar-refractivity contribution >= 4 is 32.5 Å². The molecular formula is C16H21ClN2O4S. The van der Waals surface area contributed by atoms with Gasteiger partial charge < -0.3 is 4.42 Å². The van der Waals surface area contributed by atoms with Crippen LogP contribution in [-0.4, -0.2) is 42.0 Å².